The number of ether oxygens (including phenoxy) is 1. The molecule has 1 amide bonds. The van der Waals surface area contributed by atoms with Gasteiger partial charge < -0.3 is 14.6 Å². The number of likely N-dealkylation sites (tertiary alicyclic amines) is 1. The molecule has 1 aromatic carbocycles. The van der Waals surface area contributed by atoms with Crippen LogP contribution in [0.4, 0.5) is 0 Å². The molecule has 126 valence electrons. The number of methoxy groups -OCH3 is 1. The molecule has 1 aromatic heterocycles. The minimum Gasteiger partial charge on any atom is -0.497 e. The Hall–Kier alpha value is -2.63. The molecule has 24 heavy (non-hydrogen) atoms. The summed E-state index contributed by atoms with van der Waals surface area (Å²) in [4.78, 5) is 32.3. The SMILES string of the molecule is COc1ccc(CC(=O)N2CCC[C@H](c3ccnc(=O)[nH]3)C2)cc1. The van der Waals surface area contributed by atoms with E-state index >= 15 is 0 Å². The minimum absolute atomic E-state index is 0.112. The maximum Gasteiger partial charge on any atom is 0.345 e. The lowest BCUT2D eigenvalue weighted by Crippen LogP contribution is -2.40. The monoisotopic (exact) mass is 327 g/mol. The van der Waals surface area contributed by atoms with Crippen molar-refractivity contribution in [2.24, 2.45) is 0 Å². The zero-order chi connectivity index (χ0) is 16.9. The zero-order valence-electron chi connectivity index (χ0n) is 13.7. The van der Waals surface area contributed by atoms with E-state index in [1.807, 2.05) is 35.2 Å². The number of nitrogens with zero attached hydrogens (tertiary/aromatic N) is 2. The molecule has 0 radical (unpaired) electrons. The van der Waals surface area contributed by atoms with Crippen molar-refractivity contribution in [2.75, 3.05) is 20.2 Å². The minimum atomic E-state index is -0.339. The van der Waals surface area contributed by atoms with Crippen LogP contribution in [0.5, 0.6) is 5.75 Å². The number of piperidine rings is 1. The Balaban J connectivity index is 1.65. The Morgan fingerprint density at radius 1 is 1.33 bits per heavy atom. The smallest absolute Gasteiger partial charge is 0.345 e. The molecule has 0 bridgehead atoms. The Morgan fingerprint density at radius 2 is 2.12 bits per heavy atom. The number of aromatic amines is 1. The van der Waals surface area contributed by atoms with Crippen LogP contribution in [-0.4, -0.2) is 41.0 Å². The largest absolute Gasteiger partial charge is 0.497 e. The van der Waals surface area contributed by atoms with E-state index < -0.39 is 0 Å². The molecular weight excluding hydrogens is 306 g/mol. The van der Waals surface area contributed by atoms with Crippen molar-refractivity contribution >= 4 is 5.91 Å². The van der Waals surface area contributed by atoms with Gasteiger partial charge in [0.15, 0.2) is 0 Å². The van der Waals surface area contributed by atoms with Gasteiger partial charge in [0.2, 0.25) is 5.91 Å². The summed E-state index contributed by atoms with van der Waals surface area (Å²) in [6, 6.07) is 9.38. The zero-order valence-corrected chi connectivity index (χ0v) is 13.7. The number of benzene rings is 1. The molecule has 6 heteroatoms. The predicted molar refractivity (Wildman–Crippen MR) is 90.1 cm³/mol. The van der Waals surface area contributed by atoms with Gasteiger partial charge in [-0.3, -0.25) is 4.79 Å². The van der Waals surface area contributed by atoms with Crippen LogP contribution in [0.25, 0.3) is 0 Å². The van der Waals surface area contributed by atoms with E-state index in [-0.39, 0.29) is 17.5 Å². The summed E-state index contributed by atoms with van der Waals surface area (Å²) in [5.74, 6) is 1.06. The van der Waals surface area contributed by atoms with Gasteiger partial charge >= 0.3 is 5.69 Å². The van der Waals surface area contributed by atoms with Gasteiger partial charge in [0.25, 0.3) is 0 Å². The fourth-order valence-corrected chi connectivity index (χ4v) is 3.11. The molecule has 2 aromatic rings. The molecule has 3 rings (SSSR count). The third-order valence-electron chi connectivity index (χ3n) is 4.43. The first-order valence-corrected chi connectivity index (χ1v) is 8.11. The van der Waals surface area contributed by atoms with Crippen LogP contribution in [-0.2, 0) is 11.2 Å². The van der Waals surface area contributed by atoms with Gasteiger partial charge in [0.1, 0.15) is 5.75 Å². The molecule has 1 saturated heterocycles. The highest BCUT2D eigenvalue weighted by molar-refractivity contribution is 5.79. The van der Waals surface area contributed by atoms with Crippen LogP contribution in [0, 0.1) is 0 Å². The standard InChI is InChI=1S/C18H21N3O3/c1-24-15-6-4-13(5-7-15)11-17(22)21-10-2-3-14(12-21)16-8-9-19-18(23)20-16/h4-9,14H,2-3,10-12H2,1H3,(H,19,20,23)/t14-/m0/s1. The number of hydrogen-bond donors (Lipinski definition) is 1. The lowest BCUT2D eigenvalue weighted by atomic mass is 9.94. The first-order chi connectivity index (χ1) is 11.7. The van der Waals surface area contributed by atoms with Crippen molar-refractivity contribution < 1.29 is 9.53 Å². The number of carbonyl (C=O) groups excluding carboxylic acids is 1. The molecule has 1 fully saturated rings. The number of amides is 1. The lowest BCUT2D eigenvalue weighted by Gasteiger charge is -2.32. The van der Waals surface area contributed by atoms with Gasteiger partial charge in [0.05, 0.1) is 13.5 Å². The summed E-state index contributed by atoms with van der Waals surface area (Å²) >= 11 is 0. The first kappa shape index (κ1) is 16.2. The number of carbonyl (C=O) groups is 1. The molecule has 1 atom stereocenters. The highest BCUT2D eigenvalue weighted by Gasteiger charge is 2.25. The summed E-state index contributed by atoms with van der Waals surface area (Å²) in [6.45, 7) is 1.40. The normalized spacial score (nSPS) is 17.5. The summed E-state index contributed by atoms with van der Waals surface area (Å²) in [5, 5.41) is 0. The van der Waals surface area contributed by atoms with Crippen molar-refractivity contribution in [3.05, 3.63) is 58.3 Å². The molecule has 2 heterocycles. The second kappa shape index (κ2) is 7.29. The third-order valence-corrected chi connectivity index (χ3v) is 4.43. The van der Waals surface area contributed by atoms with Gasteiger partial charge in [-0.2, -0.15) is 0 Å². The van der Waals surface area contributed by atoms with Crippen molar-refractivity contribution in [3.8, 4) is 5.75 Å². The van der Waals surface area contributed by atoms with Crippen molar-refractivity contribution in [3.63, 3.8) is 0 Å². The molecule has 1 aliphatic rings. The summed E-state index contributed by atoms with van der Waals surface area (Å²) in [6.07, 6.45) is 3.80. The van der Waals surface area contributed by atoms with Crippen LogP contribution in [0.3, 0.4) is 0 Å². The van der Waals surface area contributed by atoms with E-state index in [4.69, 9.17) is 4.74 Å². The van der Waals surface area contributed by atoms with E-state index in [9.17, 15) is 9.59 Å². The summed E-state index contributed by atoms with van der Waals surface area (Å²) in [5.41, 5.74) is 1.49. The maximum atomic E-state index is 12.6. The van der Waals surface area contributed by atoms with E-state index in [0.29, 0.717) is 13.0 Å². The van der Waals surface area contributed by atoms with E-state index in [1.165, 1.54) is 6.20 Å². The van der Waals surface area contributed by atoms with Crippen LogP contribution < -0.4 is 10.4 Å². The van der Waals surface area contributed by atoms with Crippen LogP contribution in [0.15, 0.2) is 41.3 Å². The van der Waals surface area contributed by atoms with Gasteiger partial charge in [-0.15, -0.1) is 0 Å². The molecule has 0 aliphatic carbocycles. The average Bonchev–Trinajstić information content (AvgIpc) is 2.62. The van der Waals surface area contributed by atoms with Gasteiger partial charge in [-0.25, -0.2) is 9.78 Å². The Labute approximate surface area is 140 Å². The van der Waals surface area contributed by atoms with Gasteiger partial charge in [0, 0.05) is 30.9 Å². The van der Waals surface area contributed by atoms with Crippen molar-refractivity contribution in [2.45, 2.75) is 25.2 Å². The quantitative estimate of drug-likeness (QED) is 0.928. The number of rotatable bonds is 4. The maximum absolute atomic E-state index is 12.6. The fourth-order valence-electron chi connectivity index (χ4n) is 3.11. The molecule has 0 saturated carbocycles. The number of hydrogen-bond acceptors (Lipinski definition) is 4. The number of aromatic nitrogens is 2. The number of H-pyrrole nitrogens is 1. The van der Waals surface area contributed by atoms with Crippen LogP contribution in [0.2, 0.25) is 0 Å². The summed E-state index contributed by atoms with van der Waals surface area (Å²) < 4.78 is 5.13. The molecule has 1 aliphatic heterocycles. The number of nitrogens with one attached hydrogen (secondary N) is 1. The predicted octanol–water partition coefficient (Wildman–Crippen LogP) is 1.73. The van der Waals surface area contributed by atoms with Crippen molar-refractivity contribution in [1.82, 2.24) is 14.9 Å². The van der Waals surface area contributed by atoms with Gasteiger partial charge in [-0.05, 0) is 36.6 Å². The Bertz CT molecular complexity index is 755. The van der Waals surface area contributed by atoms with Crippen LogP contribution in [0.1, 0.15) is 30.0 Å². The first-order valence-electron chi connectivity index (χ1n) is 8.11. The fraction of sp³-hybridized carbons (Fsp3) is 0.389. The Kier molecular flexibility index (Phi) is 4.93. The lowest BCUT2D eigenvalue weighted by molar-refractivity contribution is -0.131. The molecule has 0 spiro atoms. The van der Waals surface area contributed by atoms with Crippen molar-refractivity contribution in [1.29, 1.82) is 0 Å². The molecule has 6 nitrogen and oxygen atoms in total. The van der Waals surface area contributed by atoms with E-state index in [2.05, 4.69) is 9.97 Å². The third kappa shape index (κ3) is 3.82. The topological polar surface area (TPSA) is 75.3 Å². The molecular formula is C18H21N3O3. The highest BCUT2D eigenvalue weighted by Crippen LogP contribution is 2.25. The summed E-state index contributed by atoms with van der Waals surface area (Å²) in [7, 11) is 1.62. The van der Waals surface area contributed by atoms with Gasteiger partial charge in [-0.1, -0.05) is 12.1 Å². The second-order valence-corrected chi connectivity index (χ2v) is 6.03. The molecule has 1 N–H and O–H groups in total. The average molecular weight is 327 g/mol. The van der Waals surface area contributed by atoms with E-state index in [0.717, 1.165) is 36.4 Å². The highest BCUT2D eigenvalue weighted by atomic mass is 16.5. The van der Waals surface area contributed by atoms with E-state index in [1.54, 1.807) is 7.11 Å². The Morgan fingerprint density at radius 3 is 2.83 bits per heavy atom. The molecule has 0 unspecified atom stereocenters. The second-order valence-electron chi connectivity index (χ2n) is 6.03. The van der Waals surface area contributed by atoms with Crippen LogP contribution >= 0.6 is 0 Å².